The molecule has 2 heterocycles. The van der Waals surface area contributed by atoms with Crippen LogP contribution in [0.2, 0.25) is 5.02 Å². The Labute approximate surface area is 212 Å². The van der Waals surface area contributed by atoms with Crippen LogP contribution in [0.15, 0.2) is 75.8 Å². The number of rotatable bonds is 7. The Morgan fingerprint density at radius 3 is 2.56 bits per heavy atom. The van der Waals surface area contributed by atoms with E-state index in [0.717, 1.165) is 11.3 Å². The van der Waals surface area contributed by atoms with Crippen molar-refractivity contribution in [2.24, 2.45) is 0 Å². The monoisotopic (exact) mass is 541 g/mol. The van der Waals surface area contributed by atoms with Crippen LogP contribution in [0, 0.1) is 0 Å². The number of nitrogens with one attached hydrogen (secondary N) is 1. The number of amides is 1. The van der Waals surface area contributed by atoms with Crippen LogP contribution in [0.3, 0.4) is 0 Å². The van der Waals surface area contributed by atoms with Crippen molar-refractivity contribution in [1.29, 1.82) is 0 Å². The number of halogens is 2. The molecular formula is C26H25BrClN3O3. The molecule has 0 atom stereocenters. The summed E-state index contributed by atoms with van der Waals surface area (Å²) in [6.07, 6.45) is 1.78. The highest BCUT2D eigenvalue weighted by molar-refractivity contribution is 9.10. The minimum absolute atomic E-state index is 0.0846. The van der Waals surface area contributed by atoms with Gasteiger partial charge in [0, 0.05) is 11.2 Å². The van der Waals surface area contributed by atoms with E-state index in [1.165, 1.54) is 5.56 Å². The van der Waals surface area contributed by atoms with Crippen LogP contribution in [0.1, 0.15) is 48.2 Å². The molecule has 0 aliphatic heterocycles. The normalized spacial score (nSPS) is 11.4. The van der Waals surface area contributed by atoms with E-state index >= 15 is 0 Å². The SMILES string of the molecule is CC(C)(C)c1ccc(OCc2ccc(C(=O)Nc3nn(Cc4ccccc4Cl)cc3Br)o2)cc1. The second-order valence-electron chi connectivity index (χ2n) is 8.90. The predicted molar refractivity (Wildman–Crippen MR) is 137 cm³/mol. The summed E-state index contributed by atoms with van der Waals surface area (Å²) in [5.74, 6) is 1.46. The summed E-state index contributed by atoms with van der Waals surface area (Å²) in [6.45, 7) is 7.20. The molecule has 0 saturated heterocycles. The molecule has 6 nitrogen and oxygen atoms in total. The van der Waals surface area contributed by atoms with E-state index < -0.39 is 5.91 Å². The van der Waals surface area contributed by atoms with Crippen molar-refractivity contribution in [2.45, 2.75) is 39.3 Å². The fraction of sp³-hybridized carbons (Fsp3) is 0.231. The molecule has 0 radical (unpaired) electrons. The van der Waals surface area contributed by atoms with Gasteiger partial charge in [0.25, 0.3) is 5.91 Å². The standard InChI is InChI=1S/C26H25BrClN3O3/c1-26(2,3)18-8-10-19(11-9-18)33-16-20-12-13-23(34-20)25(32)29-24-21(27)15-31(30-24)14-17-6-4-5-7-22(17)28/h4-13,15H,14,16H2,1-3H3,(H,29,30,32). The average molecular weight is 543 g/mol. The van der Waals surface area contributed by atoms with Gasteiger partial charge in [0.05, 0.1) is 11.0 Å². The molecule has 2 aromatic carbocycles. The van der Waals surface area contributed by atoms with E-state index in [9.17, 15) is 4.79 Å². The van der Waals surface area contributed by atoms with Gasteiger partial charge in [0.1, 0.15) is 18.1 Å². The molecule has 4 rings (SSSR count). The van der Waals surface area contributed by atoms with Gasteiger partial charge in [0.15, 0.2) is 11.6 Å². The maximum absolute atomic E-state index is 12.7. The van der Waals surface area contributed by atoms with Crippen molar-refractivity contribution in [3.05, 3.63) is 99.0 Å². The lowest BCUT2D eigenvalue weighted by molar-refractivity contribution is 0.0992. The molecule has 176 valence electrons. The first-order valence-electron chi connectivity index (χ1n) is 10.8. The Morgan fingerprint density at radius 2 is 1.85 bits per heavy atom. The molecule has 34 heavy (non-hydrogen) atoms. The summed E-state index contributed by atoms with van der Waals surface area (Å²) in [7, 11) is 0. The van der Waals surface area contributed by atoms with Gasteiger partial charge in [-0.1, -0.05) is 62.7 Å². The van der Waals surface area contributed by atoms with Gasteiger partial charge in [-0.05, 0) is 62.8 Å². The van der Waals surface area contributed by atoms with Gasteiger partial charge in [-0.15, -0.1) is 0 Å². The Balaban J connectivity index is 1.35. The summed E-state index contributed by atoms with van der Waals surface area (Å²) in [4.78, 5) is 12.7. The zero-order valence-electron chi connectivity index (χ0n) is 19.1. The van der Waals surface area contributed by atoms with E-state index in [2.05, 4.69) is 59.2 Å². The summed E-state index contributed by atoms with van der Waals surface area (Å²) >= 11 is 9.67. The molecule has 0 fully saturated rings. The number of ether oxygens (including phenoxy) is 1. The molecule has 1 amide bonds. The second-order valence-corrected chi connectivity index (χ2v) is 10.2. The Hall–Kier alpha value is -3.03. The van der Waals surface area contributed by atoms with Crippen LogP contribution >= 0.6 is 27.5 Å². The fourth-order valence-corrected chi connectivity index (χ4v) is 3.93. The van der Waals surface area contributed by atoms with Gasteiger partial charge in [0.2, 0.25) is 0 Å². The lowest BCUT2D eigenvalue weighted by Gasteiger charge is -2.19. The Kier molecular flexibility index (Phi) is 7.14. The van der Waals surface area contributed by atoms with E-state index in [0.29, 0.717) is 27.6 Å². The maximum atomic E-state index is 12.7. The number of anilines is 1. The molecule has 8 heteroatoms. The van der Waals surface area contributed by atoms with Crippen LogP contribution in [0.25, 0.3) is 0 Å². The predicted octanol–water partition coefficient (Wildman–Crippen LogP) is 7.07. The molecule has 0 unspecified atom stereocenters. The Bertz CT molecular complexity index is 1290. The van der Waals surface area contributed by atoms with Crippen LogP contribution in [0.5, 0.6) is 5.75 Å². The quantitative estimate of drug-likeness (QED) is 0.271. The van der Waals surface area contributed by atoms with Crippen LogP contribution in [-0.4, -0.2) is 15.7 Å². The topological polar surface area (TPSA) is 69.3 Å². The number of furan rings is 1. The van der Waals surface area contributed by atoms with Crippen LogP contribution < -0.4 is 10.1 Å². The number of hydrogen-bond acceptors (Lipinski definition) is 4. The van der Waals surface area contributed by atoms with Gasteiger partial charge >= 0.3 is 0 Å². The van der Waals surface area contributed by atoms with Gasteiger partial charge < -0.3 is 14.5 Å². The summed E-state index contributed by atoms with van der Waals surface area (Å²) < 4.78 is 13.8. The maximum Gasteiger partial charge on any atom is 0.292 e. The average Bonchev–Trinajstić information content (AvgIpc) is 3.40. The first-order chi connectivity index (χ1) is 16.2. The minimum Gasteiger partial charge on any atom is -0.486 e. The van der Waals surface area contributed by atoms with Crippen LogP contribution in [-0.2, 0) is 18.6 Å². The van der Waals surface area contributed by atoms with Gasteiger partial charge in [-0.3, -0.25) is 9.48 Å². The van der Waals surface area contributed by atoms with Crippen molar-refractivity contribution in [3.63, 3.8) is 0 Å². The molecular weight excluding hydrogens is 518 g/mol. The number of benzene rings is 2. The molecule has 0 spiro atoms. The highest BCUT2D eigenvalue weighted by atomic mass is 79.9. The summed E-state index contributed by atoms with van der Waals surface area (Å²) in [5, 5.41) is 7.86. The van der Waals surface area contributed by atoms with E-state index in [-0.39, 0.29) is 17.8 Å². The van der Waals surface area contributed by atoms with Crippen molar-refractivity contribution in [1.82, 2.24) is 9.78 Å². The molecule has 0 saturated carbocycles. The van der Waals surface area contributed by atoms with E-state index in [4.69, 9.17) is 20.8 Å². The first-order valence-corrected chi connectivity index (χ1v) is 12.0. The minimum atomic E-state index is -0.399. The van der Waals surface area contributed by atoms with Crippen molar-refractivity contribution < 1.29 is 13.9 Å². The summed E-state index contributed by atoms with van der Waals surface area (Å²) in [6, 6.07) is 18.9. The molecule has 0 bridgehead atoms. The molecule has 0 aliphatic rings. The summed E-state index contributed by atoms with van der Waals surface area (Å²) in [5.41, 5.74) is 2.25. The highest BCUT2D eigenvalue weighted by Crippen LogP contribution is 2.26. The third kappa shape index (κ3) is 5.90. The fourth-order valence-electron chi connectivity index (χ4n) is 3.32. The molecule has 0 aliphatic carbocycles. The van der Waals surface area contributed by atoms with Gasteiger partial charge in [-0.25, -0.2) is 0 Å². The number of carbonyl (C=O) groups excluding carboxylic acids is 1. The first kappa shape index (κ1) is 24.1. The van der Waals surface area contributed by atoms with Gasteiger partial charge in [-0.2, -0.15) is 5.10 Å². The zero-order chi connectivity index (χ0) is 24.3. The number of aromatic nitrogens is 2. The third-order valence-electron chi connectivity index (χ3n) is 5.23. The second kappa shape index (κ2) is 10.1. The molecule has 1 N–H and O–H groups in total. The highest BCUT2D eigenvalue weighted by Gasteiger charge is 2.17. The number of nitrogens with zero attached hydrogens (tertiary/aromatic N) is 2. The molecule has 2 aromatic heterocycles. The van der Waals surface area contributed by atoms with Crippen molar-refractivity contribution in [2.75, 3.05) is 5.32 Å². The van der Waals surface area contributed by atoms with Crippen molar-refractivity contribution in [3.8, 4) is 5.75 Å². The lowest BCUT2D eigenvalue weighted by Crippen LogP contribution is -2.12. The third-order valence-corrected chi connectivity index (χ3v) is 6.18. The van der Waals surface area contributed by atoms with E-state index in [1.807, 2.05) is 36.4 Å². The smallest absolute Gasteiger partial charge is 0.292 e. The van der Waals surface area contributed by atoms with Crippen LogP contribution in [0.4, 0.5) is 5.82 Å². The lowest BCUT2D eigenvalue weighted by atomic mass is 9.87. The number of carbonyl (C=O) groups is 1. The number of hydrogen-bond donors (Lipinski definition) is 1. The molecule has 4 aromatic rings. The zero-order valence-corrected chi connectivity index (χ0v) is 21.5. The van der Waals surface area contributed by atoms with E-state index in [1.54, 1.807) is 23.0 Å². The Morgan fingerprint density at radius 1 is 1.12 bits per heavy atom. The largest absolute Gasteiger partial charge is 0.486 e. The van der Waals surface area contributed by atoms with Crippen molar-refractivity contribution >= 4 is 39.3 Å².